The molecule has 5 heteroatoms. The van der Waals surface area contributed by atoms with Gasteiger partial charge in [-0.25, -0.2) is 4.98 Å². The first-order chi connectivity index (χ1) is 9.52. The van der Waals surface area contributed by atoms with Gasteiger partial charge in [0, 0.05) is 11.6 Å². The Morgan fingerprint density at radius 1 is 1.35 bits per heavy atom. The largest absolute Gasteiger partial charge is 0.497 e. The van der Waals surface area contributed by atoms with E-state index >= 15 is 0 Å². The van der Waals surface area contributed by atoms with Gasteiger partial charge in [-0.15, -0.1) is 0 Å². The number of ether oxygens (including phenoxy) is 1. The van der Waals surface area contributed by atoms with Crippen molar-refractivity contribution >= 4 is 28.5 Å². The summed E-state index contributed by atoms with van der Waals surface area (Å²) in [4.78, 5) is 15.6. The Bertz CT molecular complexity index is 628. The fraction of sp³-hybridized carbons (Fsp3) is 0.333. The molecule has 0 aliphatic carbocycles. The summed E-state index contributed by atoms with van der Waals surface area (Å²) < 4.78 is 5.20. The van der Waals surface area contributed by atoms with Crippen LogP contribution in [0.4, 0.5) is 0 Å². The number of thioether (sulfide) groups is 1. The van der Waals surface area contributed by atoms with Crippen molar-refractivity contribution in [2.75, 3.05) is 7.11 Å². The van der Waals surface area contributed by atoms with Crippen LogP contribution in [0.2, 0.25) is 0 Å². The molecule has 1 aromatic carbocycles. The lowest BCUT2D eigenvalue weighted by Crippen LogP contribution is -2.22. The molecule has 2 rings (SSSR count). The van der Waals surface area contributed by atoms with E-state index in [1.807, 2.05) is 38.1 Å². The highest BCUT2D eigenvalue weighted by atomic mass is 32.2. The molecule has 0 spiro atoms. The zero-order valence-corrected chi connectivity index (χ0v) is 12.5. The molecule has 0 radical (unpaired) electrons. The number of carbonyl (C=O) groups is 1. The predicted molar refractivity (Wildman–Crippen MR) is 80.4 cm³/mol. The fourth-order valence-corrected chi connectivity index (χ4v) is 2.99. The van der Waals surface area contributed by atoms with Gasteiger partial charge in [-0.2, -0.15) is 0 Å². The Morgan fingerprint density at radius 2 is 2.10 bits per heavy atom. The van der Waals surface area contributed by atoms with E-state index in [-0.39, 0.29) is 5.92 Å². The first kappa shape index (κ1) is 14.7. The number of nitrogens with zero attached hydrogens (tertiary/aromatic N) is 1. The highest BCUT2D eigenvalue weighted by Crippen LogP contribution is 2.33. The maximum atomic E-state index is 11.3. The monoisotopic (exact) mass is 291 g/mol. The van der Waals surface area contributed by atoms with E-state index in [1.54, 1.807) is 13.3 Å². The smallest absolute Gasteiger partial charge is 0.317 e. The van der Waals surface area contributed by atoms with E-state index in [0.717, 1.165) is 21.5 Å². The Balaban J connectivity index is 2.41. The number of fused-ring (bicyclic) bond motifs is 1. The molecule has 2 aromatic rings. The summed E-state index contributed by atoms with van der Waals surface area (Å²) in [6.07, 6.45) is 1.70. The van der Waals surface area contributed by atoms with Gasteiger partial charge < -0.3 is 9.84 Å². The van der Waals surface area contributed by atoms with Crippen molar-refractivity contribution in [3.8, 4) is 5.75 Å². The molecule has 0 aliphatic rings. The summed E-state index contributed by atoms with van der Waals surface area (Å²) in [7, 11) is 1.62. The lowest BCUT2D eigenvalue weighted by Gasteiger charge is -2.16. The number of hydrogen-bond acceptors (Lipinski definition) is 4. The van der Waals surface area contributed by atoms with Gasteiger partial charge in [0.25, 0.3) is 0 Å². The van der Waals surface area contributed by atoms with Crippen LogP contribution in [0, 0.1) is 5.92 Å². The Morgan fingerprint density at radius 3 is 2.70 bits per heavy atom. The summed E-state index contributed by atoms with van der Waals surface area (Å²) in [5.41, 5.74) is 0. The van der Waals surface area contributed by atoms with Crippen molar-refractivity contribution in [2.45, 2.75) is 24.1 Å². The van der Waals surface area contributed by atoms with Gasteiger partial charge in [0.1, 0.15) is 16.0 Å². The number of carboxylic acid groups (broad SMARTS) is 1. The Labute approximate surface area is 122 Å². The molecule has 0 bridgehead atoms. The Kier molecular flexibility index (Phi) is 4.49. The lowest BCUT2D eigenvalue weighted by molar-refractivity contribution is -0.137. The van der Waals surface area contributed by atoms with Gasteiger partial charge in [0.2, 0.25) is 0 Å². The second kappa shape index (κ2) is 6.13. The van der Waals surface area contributed by atoms with Gasteiger partial charge in [-0.3, -0.25) is 4.79 Å². The molecule has 20 heavy (non-hydrogen) atoms. The first-order valence-electron chi connectivity index (χ1n) is 6.35. The summed E-state index contributed by atoms with van der Waals surface area (Å²) in [5.74, 6) is 0.00316. The molecule has 0 fully saturated rings. The first-order valence-corrected chi connectivity index (χ1v) is 7.23. The number of carboxylic acids is 1. The highest BCUT2D eigenvalue weighted by molar-refractivity contribution is 8.00. The molecular weight excluding hydrogens is 274 g/mol. The number of rotatable bonds is 5. The summed E-state index contributed by atoms with van der Waals surface area (Å²) in [6.45, 7) is 3.81. The van der Waals surface area contributed by atoms with Gasteiger partial charge >= 0.3 is 5.97 Å². The number of aromatic nitrogens is 1. The third kappa shape index (κ3) is 3.04. The van der Waals surface area contributed by atoms with Crippen molar-refractivity contribution in [1.82, 2.24) is 4.98 Å². The molecule has 1 unspecified atom stereocenters. The molecular formula is C15H17NO3S. The molecule has 106 valence electrons. The van der Waals surface area contributed by atoms with Crippen LogP contribution < -0.4 is 4.74 Å². The van der Waals surface area contributed by atoms with Gasteiger partial charge in [-0.1, -0.05) is 25.6 Å². The second-order valence-corrected chi connectivity index (χ2v) is 5.95. The van der Waals surface area contributed by atoms with Gasteiger partial charge in [0.15, 0.2) is 0 Å². The van der Waals surface area contributed by atoms with Crippen molar-refractivity contribution in [1.29, 1.82) is 0 Å². The third-order valence-corrected chi connectivity index (χ3v) is 4.57. The van der Waals surface area contributed by atoms with Gasteiger partial charge in [-0.05, 0) is 35.6 Å². The van der Waals surface area contributed by atoms with E-state index in [2.05, 4.69) is 4.98 Å². The fourth-order valence-electron chi connectivity index (χ4n) is 1.94. The molecule has 1 atom stereocenters. The lowest BCUT2D eigenvalue weighted by atomic mass is 10.1. The van der Waals surface area contributed by atoms with Crippen molar-refractivity contribution in [3.63, 3.8) is 0 Å². The maximum absolute atomic E-state index is 11.3. The number of aliphatic carboxylic acids is 1. The number of benzene rings is 1. The van der Waals surface area contributed by atoms with Crippen molar-refractivity contribution in [2.24, 2.45) is 5.92 Å². The van der Waals surface area contributed by atoms with Crippen LogP contribution in [-0.4, -0.2) is 28.4 Å². The minimum absolute atomic E-state index is 0.0350. The van der Waals surface area contributed by atoms with E-state index in [0.29, 0.717) is 0 Å². The summed E-state index contributed by atoms with van der Waals surface area (Å²) in [5, 5.41) is 11.5. The van der Waals surface area contributed by atoms with Crippen LogP contribution in [0.3, 0.4) is 0 Å². The van der Waals surface area contributed by atoms with Crippen LogP contribution in [0.15, 0.2) is 35.5 Å². The zero-order chi connectivity index (χ0) is 14.7. The number of pyridine rings is 1. The summed E-state index contributed by atoms with van der Waals surface area (Å²) in [6, 6.07) is 7.60. The molecule has 1 N–H and O–H groups in total. The van der Waals surface area contributed by atoms with Crippen LogP contribution in [0.5, 0.6) is 5.75 Å². The van der Waals surface area contributed by atoms with Crippen LogP contribution in [0.25, 0.3) is 10.8 Å². The quantitative estimate of drug-likeness (QED) is 0.855. The molecule has 0 aliphatic heterocycles. The molecule has 0 saturated carbocycles. The van der Waals surface area contributed by atoms with Crippen molar-refractivity contribution in [3.05, 3.63) is 30.5 Å². The standard InChI is InChI=1S/C15H17NO3S/c1-9(2)13(15(17)18)20-14-12-5-4-11(19-3)8-10(12)6-7-16-14/h4-9,13H,1-3H3,(H,17,18). The SMILES string of the molecule is COc1ccc2c(SC(C(=O)O)C(C)C)nccc2c1. The van der Waals surface area contributed by atoms with Crippen LogP contribution in [0.1, 0.15) is 13.8 Å². The molecule has 4 nitrogen and oxygen atoms in total. The molecule has 1 aromatic heterocycles. The normalized spacial score (nSPS) is 12.6. The van der Waals surface area contributed by atoms with Crippen LogP contribution in [-0.2, 0) is 4.79 Å². The number of hydrogen-bond donors (Lipinski definition) is 1. The topological polar surface area (TPSA) is 59.4 Å². The average Bonchev–Trinajstić information content (AvgIpc) is 2.43. The second-order valence-electron chi connectivity index (χ2n) is 4.82. The minimum atomic E-state index is -0.808. The van der Waals surface area contributed by atoms with Gasteiger partial charge in [0.05, 0.1) is 7.11 Å². The van der Waals surface area contributed by atoms with E-state index in [9.17, 15) is 9.90 Å². The predicted octanol–water partition coefficient (Wildman–Crippen LogP) is 3.44. The minimum Gasteiger partial charge on any atom is -0.497 e. The maximum Gasteiger partial charge on any atom is 0.317 e. The van der Waals surface area contributed by atoms with E-state index < -0.39 is 11.2 Å². The van der Waals surface area contributed by atoms with E-state index in [1.165, 1.54) is 11.8 Å². The highest BCUT2D eigenvalue weighted by Gasteiger charge is 2.24. The van der Waals surface area contributed by atoms with Crippen LogP contribution >= 0.6 is 11.8 Å². The van der Waals surface area contributed by atoms with Crippen molar-refractivity contribution < 1.29 is 14.6 Å². The molecule has 0 saturated heterocycles. The Hall–Kier alpha value is -1.75. The summed E-state index contributed by atoms with van der Waals surface area (Å²) >= 11 is 1.30. The van der Waals surface area contributed by atoms with E-state index in [4.69, 9.17) is 4.74 Å². The zero-order valence-electron chi connectivity index (χ0n) is 11.7. The number of methoxy groups -OCH3 is 1. The third-order valence-electron chi connectivity index (χ3n) is 3.02. The average molecular weight is 291 g/mol. The molecule has 0 amide bonds. The molecule has 1 heterocycles.